The summed E-state index contributed by atoms with van der Waals surface area (Å²) in [6, 6.07) is 13.2. The molecule has 0 saturated heterocycles. The first-order chi connectivity index (χ1) is 8.58. The fraction of sp³-hybridized carbons (Fsp3) is 0.278. The molecule has 0 N–H and O–H groups in total. The molecule has 0 saturated carbocycles. The van der Waals surface area contributed by atoms with Crippen molar-refractivity contribution >= 4 is 0 Å². The molecule has 0 atom stereocenters. The molecule has 0 aliphatic heterocycles. The zero-order valence-corrected chi connectivity index (χ0v) is 11.7. The van der Waals surface area contributed by atoms with Gasteiger partial charge < -0.3 is 0 Å². The molecule has 2 aromatic rings. The van der Waals surface area contributed by atoms with Gasteiger partial charge in [0.15, 0.2) is 0 Å². The molecule has 0 unspecified atom stereocenters. The van der Waals surface area contributed by atoms with Crippen LogP contribution in [0.3, 0.4) is 0 Å². The molecule has 0 amide bonds. The Labute approximate surface area is 111 Å². The lowest BCUT2D eigenvalue weighted by Crippen LogP contribution is -1.95. The van der Waals surface area contributed by atoms with Crippen molar-refractivity contribution in [1.82, 2.24) is 0 Å². The lowest BCUT2D eigenvalue weighted by molar-refractivity contribution is 1.11. The van der Waals surface area contributed by atoms with Crippen LogP contribution >= 0.6 is 0 Å². The van der Waals surface area contributed by atoms with E-state index in [0.29, 0.717) is 0 Å². The molecule has 0 heteroatoms. The van der Waals surface area contributed by atoms with Crippen molar-refractivity contribution in [3.05, 3.63) is 76.2 Å². The van der Waals surface area contributed by atoms with Gasteiger partial charge in [0.1, 0.15) is 0 Å². The topological polar surface area (TPSA) is 0 Å². The molecule has 1 radical (unpaired) electrons. The van der Waals surface area contributed by atoms with E-state index in [-0.39, 0.29) is 0 Å². The number of hydrogen-bond acceptors (Lipinski definition) is 0. The molecule has 93 valence electrons. The van der Waals surface area contributed by atoms with Gasteiger partial charge >= 0.3 is 0 Å². The normalized spacial score (nSPS) is 10.7. The highest BCUT2D eigenvalue weighted by Gasteiger charge is 2.02. The first kappa shape index (κ1) is 12.9. The standard InChI is InChI=1S/C18H21/c1-13-8-9-17(12-15(13)3)10-11-18-7-5-6-14(2)16(18)4/h5-10,12H,11H2,1-4H3. The molecule has 0 fully saturated rings. The van der Waals surface area contributed by atoms with E-state index in [2.05, 4.69) is 70.5 Å². The van der Waals surface area contributed by atoms with Crippen LogP contribution in [0.15, 0.2) is 36.4 Å². The Balaban J connectivity index is 2.11. The second-order valence-electron chi connectivity index (χ2n) is 5.11. The molecule has 2 rings (SSSR count). The Morgan fingerprint density at radius 3 is 2.33 bits per heavy atom. The van der Waals surface area contributed by atoms with Gasteiger partial charge in [0.25, 0.3) is 0 Å². The Bertz CT molecular complexity index is 550. The average Bonchev–Trinajstić information content (AvgIpc) is 2.35. The third-order valence-corrected chi connectivity index (χ3v) is 3.81. The van der Waals surface area contributed by atoms with Crippen LogP contribution < -0.4 is 0 Å². The summed E-state index contributed by atoms with van der Waals surface area (Å²) in [7, 11) is 0. The van der Waals surface area contributed by atoms with Gasteiger partial charge in [-0.3, -0.25) is 0 Å². The highest BCUT2D eigenvalue weighted by atomic mass is 14.1. The summed E-state index contributed by atoms with van der Waals surface area (Å²) in [5.74, 6) is 0. The van der Waals surface area contributed by atoms with E-state index in [1.165, 1.54) is 33.4 Å². The van der Waals surface area contributed by atoms with Gasteiger partial charge in [-0.15, -0.1) is 0 Å². The van der Waals surface area contributed by atoms with Crippen LogP contribution in [0.4, 0.5) is 0 Å². The summed E-state index contributed by atoms with van der Waals surface area (Å²) < 4.78 is 0. The second-order valence-corrected chi connectivity index (χ2v) is 5.11. The molecule has 0 aromatic heterocycles. The maximum atomic E-state index is 2.31. The van der Waals surface area contributed by atoms with Crippen molar-refractivity contribution in [1.29, 1.82) is 0 Å². The van der Waals surface area contributed by atoms with E-state index in [4.69, 9.17) is 0 Å². The third kappa shape index (κ3) is 2.81. The Morgan fingerprint density at radius 1 is 0.833 bits per heavy atom. The minimum Gasteiger partial charge on any atom is -0.0617 e. The maximum absolute atomic E-state index is 2.31. The van der Waals surface area contributed by atoms with E-state index < -0.39 is 0 Å². The first-order valence-corrected chi connectivity index (χ1v) is 6.53. The minimum absolute atomic E-state index is 1.01. The predicted molar refractivity (Wildman–Crippen MR) is 78.9 cm³/mol. The Kier molecular flexibility index (Phi) is 3.86. The molecular formula is C18H21. The summed E-state index contributed by atoms with van der Waals surface area (Å²) in [5, 5.41) is 0. The maximum Gasteiger partial charge on any atom is -0.00492 e. The lowest BCUT2D eigenvalue weighted by Gasteiger charge is -2.09. The number of aryl methyl sites for hydroxylation is 3. The number of benzene rings is 2. The molecule has 0 aliphatic rings. The van der Waals surface area contributed by atoms with Crippen LogP contribution in [-0.4, -0.2) is 0 Å². The number of rotatable bonds is 3. The van der Waals surface area contributed by atoms with Crippen LogP contribution in [0.5, 0.6) is 0 Å². The van der Waals surface area contributed by atoms with E-state index in [1.807, 2.05) is 0 Å². The second kappa shape index (κ2) is 5.39. The summed E-state index contributed by atoms with van der Waals surface area (Å²) in [4.78, 5) is 0. The summed E-state index contributed by atoms with van der Waals surface area (Å²) in [5.41, 5.74) is 8.26. The SMILES string of the molecule is Cc1ccc([CH]Cc2cccc(C)c2C)cc1C. The highest BCUT2D eigenvalue weighted by molar-refractivity contribution is 5.38. The molecule has 0 heterocycles. The Morgan fingerprint density at radius 2 is 1.61 bits per heavy atom. The molecule has 2 aromatic carbocycles. The van der Waals surface area contributed by atoms with E-state index in [1.54, 1.807) is 0 Å². The van der Waals surface area contributed by atoms with Gasteiger partial charge in [0, 0.05) is 0 Å². The van der Waals surface area contributed by atoms with Gasteiger partial charge in [0.05, 0.1) is 0 Å². The molecular weight excluding hydrogens is 216 g/mol. The Hall–Kier alpha value is -1.56. The molecule has 0 spiro atoms. The van der Waals surface area contributed by atoms with Crippen molar-refractivity contribution in [3.63, 3.8) is 0 Å². The molecule has 0 nitrogen and oxygen atoms in total. The van der Waals surface area contributed by atoms with E-state index in [0.717, 1.165) is 6.42 Å². The summed E-state index contributed by atoms with van der Waals surface area (Å²) >= 11 is 0. The van der Waals surface area contributed by atoms with Gasteiger partial charge in [-0.05, 0) is 73.9 Å². The molecule has 0 aliphatic carbocycles. The van der Waals surface area contributed by atoms with Crippen LogP contribution in [0.25, 0.3) is 0 Å². The summed E-state index contributed by atoms with van der Waals surface area (Å²) in [6.45, 7) is 8.71. The zero-order chi connectivity index (χ0) is 13.1. The van der Waals surface area contributed by atoms with Crippen molar-refractivity contribution in [3.8, 4) is 0 Å². The highest BCUT2D eigenvalue weighted by Crippen LogP contribution is 2.18. The van der Waals surface area contributed by atoms with Crippen molar-refractivity contribution in [2.75, 3.05) is 0 Å². The minimum atomic E-state index is 1.01. The molecule has 0 bridgehead atoms. The summed E-state index contributed by atoms with van der Waals surface area (Å²) in [6.07, 6.45) is 3.32. The van der Waals surface area contributed by atoms with Crippen LogP contribution in [0, 0.1) is 34.1 Å². The monoisotopic (exact) mass is 237 g/mol. The van der Waals surface area contributed by atoms with Crippen molar-refractivity contribution < 1.29 is 0 Å². The van der Waals surface area contributed by atoms with Crippen LogP contribution in [0.1, 0.15) is 33.4 Å². The largest absolute Gasteiger partial charge is 0.0617 e. The van der Waals surface area contributed by atoms with E-state index in [9.17, 15) is 0 Å². The predicted octanol–water partition coefficient (Wildman–Crippen LogP) is 4.72. The van der Waals surface area contributed by atoms with E-state index >= 15 is 0 Å². The van der Waals surface area contributed by atoms with Crippen LogP contribution in [-0.2, 0) is 6.42 Å². The number of hydrogen-bond donors (Lipinski definition) is 0. The van der Waals surface area contributed by atoms with Crippen molar-refractivity contribution in [2.45, 2.75) is 34.1 Å². The van der Waals surface area contributed by atoms with Gasteiger partial charge in [0.2, 0.25) is 0 Å². The lowest BCUT2D eigenvalue weighted by atomic mass is 9.96. The fourth-order valence-electron chi connectivity index (χ4n) is 2.15. The fourth-order valence-corrected chi connectivity index (χ4v) is 2.15. The third-order valence-electron chi connectivity index (χ3n) is 3.81. The van der Waals surface area contributed by atoms with Gasteiger partial charge in [-0.1, -0.05) is 36.4 Å². The first-order valence-electron chi connectivity index (χ1n) is 6.53. The van der Waals surface area contributed by atoms with Crippen molar-refractivity contribution in [2.24, 2.45) is 0 Å². The smallest absolute Gasteiger partial charge is 0.00492 e. The van der Waals surface area contributed by atoms with Crippen LogP contribution in [0.2, 0.25) is 0 Å². The quantitative estimate of drug-likeness (QED) is 0.725. The molecule has 18 heavy (non-hydrogen) atoms. The van der Waals surface area contributed by atoms with Gasteiger partial charge in [-0.25, -0.2) is 0 Å². The van der Waals surface area contributed by atoms with Gasteiger partial charge in [-0.2, -0.15) is 0 Å². The average molecular weight is 237 g/mol. The zero-order valence-electron chi connectivity index (χ0n) is 11.7.